The van der Waals surface area contributed by atoms with Gasteiger partial charge >= 0.3 is 0 Å². The van der Waals surface area contributed by atoms with Gasteiger partial charge in [-0.2, -0.15) is 11.8 Å². The molecule has 1 saturated carbocycles. The Hall–Kier alpha value is 0.310. The highest BCUT2D eigenvalue weighted by atomic mass is 32.2. The van der Waals surface area contributed by atoms with Crippen LogP contribution in [-0.2, 0) is 0 Å². The van der Waals surface area contributed by atoms with E-state index in [-0.39, 0.29) is 0 Å². The minimum absolute atomic E-state index is 0.799. The first-order valence-corrected chi connectivity index (χ1v) is 8.65. The highest BCUT2D eigenvalue weighted by Gasteiger charge is 2.30. The average Bonchev–Trinajstić information content (AvgIpc) is 2.31. The molecular formula is C15H31NS. The van der Waals surface area contributed by atoms with Crippen LogP contribution in [0.15, 0.2) is 0 Å². The van der Waals surface area contributed by atoms with Gasteiger partial charge in [-0.15, -0.1) is 0 Å². The predicted molar refractivity (Wildman–Crippen MR) is 80.7 cm³/mol. The second-order valence-electron chi connectivity index (χ2n) is 5.73. The maximum Gasteiger partial charge on any atom is 0.00957 e. The molecule has 0 amide bonds. The second-order valence-corrected chi connectivity index (χ2v) is 7.12. The first kappa shape index (κ1) is 15.4. The Kier molecular flexibility index (Phi) is 7.61. The molecule has 1 aliphatic carbocycles. The number of hydrogen-bond acceptors (Lipinski definition) is 2. The smallest absolute Gasteiger partial charge is 0.00957 e. The first-order valence-electron chi connectivity index (χ1n) is 7.50. The van der Waals surface area contributed by atoms with Crippen molar-refractivity contribution in [1.29, 1.82) is 0 Å². The van der Waals surface area contributed by atoms with Crippen molar-refractivity contribution in [2.75, 3.05) is 18.1 Å². The summed E-state index contributed by atoms with van der Waals surface area (Å²) in [5.41, 5.74) is 0. The van der Waals surface area contributed by atoms with Crippen LogP contribution < -0.4 is 5.32 Å². The van der Waals surface area contributed by atoms with Gasteiger partial charge < -0.3 is 5.32 Å². The Labute approximate surface area is 113 Å². The summed E-state index contributed by atoms with van der Waals surface area (Å²) >= 11 is 2.10. The molecule has 102 valence electrons. The molecule has 2 heteroatoms. The van der Waals surface area contributed by atoms with Gasteiger partial charge in [0, 0.05) is 6.04 Å². The van der Waals surface area contributed by atoms with Gasteiger partial charge in [0.15, 0.2) is 0 Å². The molecule has 0 bridgehead atoms. The molecule has 1 rings (SSSR count). The van der Waals surface area contributed by atoms with Crippen molar-refractivity contribution in [1.82, 2.24) is 5.32 Å². The van der Waals surface area contributed by atoms with Crippen molar-refractivity contribution < 1.29 is 0 Å². The van der Waals surface area contributed by atoms with Crippen LogP contribution in [-0.4, -0.2) is 24.1 Å². The van der Waals surface area contributed by atoms with Crippen LogP contribution >= 0.6 is 11.8 Å². The molecule has 0 spiro atoms. The fourth-order valence-electron chi connectivity index (χ4n) is 3.13. The SMILES string of the molecule is CCNC1CCC(C(C)C)CC1CCSCC. The summed E-state index contributed by atoms with van der Waals surface area (Å²) in [5.74, 6) is 5.40. The molecule has 1 fully saturated rings. The predicted octanol–water partition coefficient (Wildman–Crippen LogP) is 4.18. The van der Waals surface area contributed by atoms with E-state index in [1.165, 1.54) is 37.2 Å². The Balaban J connectivity index is 2.43. The molecule has 17 heavy (non-hydrogen) atoms. The zero-order chi connectivity index (χ0) is 12.7. The van der Waals surface area contributed by atoms with Crippen LogP contribution in [0.2, 0.25) is 0 Å². The maximum atomic E-state index is 3.71. The summed E-state index contributed by atoms with van der Waals surface area (Å²) in [5, 5.41) is 3.71. The van der Waals surface area contributed by atoms with Crippen molar-refractivity contribution in [3.05, 3.63) is 0 Å². The van der Waals surface area contributed by atoms with Gasteiger partial charge in [0.2, 0.25) is 0 Å². The molecule has 1 nitrogen and oxygen atoms in total. The van der Waals surface area contributed by atoms with Crippen LogP contribution in [0.3, 0.4) is 0 Å². The molecule has 0 aromatic rings. The largest absolute Gasteiger partial charge is 0.314 e. The Morgan fingerprint density at radius 2 is 2.00 bits per heavy atom. The Bertz CT molecular complexity index is 193. The summed E-state index contributed by atoms with van der Waals surface area (Å²) in [4.78, 5) is 0. The van der Waals surface area contributed by atoms with E-state index >= 15 is 0 Å². The van der Waals surface area contributed by atoms with E-state index in [9.17, 15) is 0 Å². The Morgan fingerprint density at radius 3 is 2.59 bits per heavy atom. The van der Waals surface area contributed by atoms with Gasteiger partial charge in [-0.05, 0) is 61.5 Å². The van der Waals surface area contributed by atoms with Crippen molar-refractivity contribution in [2.24, 2.45) is 17.8 Å². The topological polar surface area (TPSA) is 12.0 Å². The molecule has 0 heterocycles. The third-order valence-electron chi connectivity index (χ3n) is 4.27. The summed E-state index contributed by atoms with van der Waals surface area (Å²) in [6.45, 7) is 10.4. The lowest BCUT2D eigenvalue weighted by Crippen LogP contribution is -2.41. The van der Waals surface area contributed by atoms with E-state index in [0.717, 1.165) is 30.3 Å². The minimum atomic E-state index is 0.799. The van der Waals surface area contributed by atoms with Gasteiger partial charge in [-0.1, -0.05) is 27.7 Å². The number of hydrogen-bond donors (Lipinski definition) is 1. The van der Waals surface area contributed by atoms with Crippen LogP contribution in [0.1, 0.15) is 53.4 Å². The molecule has 3 atom stereocenters. The molecule has 0 saturated heterocycles. The summed E-state index contributed by atoms with van der Waals surface area (Å²) in [7, 11) is 0. The van der Waals surface area contributed by atoms with Crippen LogP contribution in [0, 0.1) is 17.8 Å². The zero-order valence-corrected chi connectivity index (χ0v) is 13.0. The lowest BCUT2D eigenvalue weighted by atomic mass is 9.72. The van der Waals surface area contributed by atoms with Crippen LogP contribution in [0.4, 0.5) is 0 Å². The minimum Gasteiger partial charge on any atom is -0.314 e. The van der Waals surface area contributed by atoms with Gasteiger partial charge in [-0.25, -0.2) is 0 Å². The van der Waals surface area contributed by atoms with E-state index in [1.807, 2.05) is 0 Å². The van der Waals surface area contributed by atoms with Crippen LogP contribution in [0.25, 0.3) is 0 Å². The van der Waals surface area contributed by atoms with E-state index < -0.39 is 0 Å². The molecule has 0 aromatic carbocycles. The lowest BCUT2D eigenvalue weighted by Gasteiger charge is -2.38. The third-order valence-corrected chi connectivity index (χ3v) is 5.20. The molecule has 3 unspecified atom stereocenters. The van der Waals surface area contributed by atoms with Gasteiger partial charge in [0.1, 0.15) is 0 Å². The highest BCUT2D eigenvalue weighted by Crippen LogP contribution is 2.36. The lowest BCUT2D eigenvalue weighted by molar-refractivity contribution is 0.167. The van der Waals surface area contributed by atoms with Crippen LogP contribution in [0.5, 0.6) is 0 Å². The van der Waals surface area contributed by atoms with E-state index in [4.69, 9.17) is 0 Å². The summed E-state index contributed by atoms with van der Waals surface area (Å²) in [6.07, 6.45) is 5.71. The standard InChI is InChI=1S/C15H31NS/c1-5-16-15-8-7-13(12(3)4)11-14(15)9-10-17-6-2/h12-16H,5-11H2,1-4H3. The molecule has 1 aliphatic rings. The molecule has 0 aromatic heterocycles. The number of nitrogens with one attached hydrogen (secondary N) is 1. The maximum absolute atomic E-state index is 3.71. The van der Waals surface area contributed by atoms with E-state index in [0.29, 0.717) is 0 Å². The van der Waals surface area contributed by atoms with E-state index in [1.54, 1.807) is 0 Å². The average molecular weight is 257 g/mol. The molecule has 0 aliphatic heterocycles. The monoisotopic (exact) mass is 257 g/mol. The number of rotatable bonds is 7. The molecule has 1 N–H and O–H groups in total. The van der Waals surface area contributed by atoms with Gasteiger partial charge in [0.05, 0.1) is 0 Å². The third kappa shape index (κ3) is 5.21. The second kappa shape index (κ2) is 8.42. The van der Waals surface area contributed by atoms with E-state index in [2.05, 4.69) is 44.8 Å². The van der Waals surface area contributed by atoms with Crippen molar-refractivity contribution in [3.63, 3.8) is 0 Å². The Morgan fingerprint density at radius 1 is 1.24 bits per heavy atom. The summed E-state index contributed by atoms with van der Waals surface area (Å²) in [6, 6.07) is 0.799. The fraction of sp³-hybridized carbons (Fsp3) is 1.00. The van der Waals surface area contributed by atoms with Gasteiger partial charge in [-0.3, -0.25) is 0 Å². The normalized spacial score (nSPS) is 29.8. The molecular weight excluding hydrogens is 226 g/mol. The first-order chi connectivity index (χ1) is 8.19. The van der Waals surface area contributed by atoms with Crippen molar-refractivity contribution in [2.45, 2.75) is 59.4 Å². The number of thioether (sulfide) groups is 1. The molecule has 0 radical (unpaired) electrons. The quantitative estimate of drug-likeness (QED) is 0.687. The van der Waals surface area contributed by atoms with Crippen molar-refractivity contribution >= 4 is 11.8 Å². The van der Waals surface area contributed by atoms with Gasteiger partial charge in [0.25, 0.3) is 0 Å². The van der Waals surface area contributed by atoms with Crippen molar-refractivity contribution in [3.8, 4) is 0 Å². The highest BCUT2D eigenvalue weighted by molar-refractivity contribution is 7.99. The fourth-order valence-corrected chi connectivity index (χ4v) is 3.89. The zero-order valence-electron chi connectivity index (χ0n) is 12.2. The summed E-state index contributed by atoms with van der Waals surface area (Å²) < 4.78 is 0.